The lowest BCUT2D eigenvalue weighted by Gasteiger charge is -2.09. The summed E-state index contributed by atoms with van der Waals surface area (Å²) < 4.78 is 40.2. The van der Waals surface area contributed by atoms with Crippen molar-refractivity contribution in [2.45, 2.75) is 6.18 Å². The number of rotatable bonds is 1. The summed E-state index contributed by atoms with van der Waals surface area (Å²) in [5.74, 6) is 0. The molecule has 0 aliphatic carbocycles. The summed E-state index contributed by atoms with van der Waals surface area (Å²) in [5, 5.41) is 3.99. The van der Waals surface area contributed by atoms with Crippen LogP contribution in [0.4, 0.5) is 13.2 Å². The Bertz CT molecular complexity index is 759. The van der Waals surface area contributed by atoms with Crippen LogP contribution >= 0.6 is 12.2 Å². The number of halogens is 3. The summed E-state index contributed by atoms with van der Waals surface area (Å²) in [6, 6.07) is 4.27. The van der Waals surface area contributed by atoms with Crippen LogP contribution in [0.1, 0.15) is 5.56 Å². The topological polar surface area (TPSA) is 39.8 Å². The van der Waals surface area contributed by atoms with E-state index in [0.29, 0.717) is 5.56 Å². The van der Waals surface area contributed by atoms with Gasteiger partial charge in [0, 0.05) is 19.7 Å². The van der Waals surface area contributed by atoms with Gasteiger partial charge in [-0.3, -0.25) is 9.36 Å². The van der Waals surface area contributed by atoms with Crippen molar-refractivity contribution >= 4 is 12.2 Å². The van der Waals surface area contributed by atoms with Gasteiger partial charge in [-0.05, 0) is 24.4 Å². The van der Waals surface area contributed by atoms with E-state index in [9.17, 15) is 18.0 Å². The molecule has 0 atom stereocenters. The Kier molecular flexibility index (Phi) is 3.51. The molecule has 0 radical (unpaired) electrons. The molecule has 0 N–H and O–H groups in total. The number of alkyl halides is 3. The molecule has 1 aromatic carbocycles. The van der Waals surface area contributed by atoms with E-state index >= 15 is 0 Å². The van der Waals surface area contributed by atoms with Crippen LogP contribution in [0.25, 0.3) is 11.3 Å². The molecular formula is C12H10F3N3OS. The lowest BCUT2D eigenvalue weighted by molar-refractivity contribution is -0.137. The Hall–Kier alpha value is -1.96. The Morgan fingerprint density at radius 3 is 2.20 bits per heavy atom. The van der Waals surface area contributed by atoms with E-state index in [-0.39, 0.29) is 10.5 Å². The van der Waals surface area contributed by atoms with Gasteiger partial charge in [-0.25, -0.2) is 4.68 Å². The molecule has 0 bridgehead atoms. The van der Waals surface area contributed by atoms with Crippen molar-refractivity contribution in [3.8, 4) is 11.3 Å². The molecule has 0 saturated carbocycles. The van der Waals surface area contributed by atoms with Crippen LogP contribution in [-0.4, -0.2) is 14.3 Å². The summed E-state index contributed by atoms with van der Waals surface area (Å²) in [7, 11) is 3.05. The van der Waals surface area contributed by atoms with Gasteiger partial charge in [0.2, 0.25) is 0 Å². The quantitative estimate of drug-likeness (QED) is 0.760. The molecule has 0 saturated heterocycles. The van der Waals surface area contributed by atoms with Crippen LogP contribution in [0, 0.1) is 4.77 Å². The minimum Gasteiger partial charge on any atom is -0.285 e. The number of aromatic nitrogens is 3. The first-order chi connectivity index (χ1) is 9.21. The largest absolute Gasteiger partial charge is 0.416 e. The molecule has 2 rings (SSSR count). The molecule has 0 spiro atoms. The highest BCUT2D eigenvalue weighted by molar-refractivity contribution is 7.71. The minimum atomic E-state index is -4.41. The molecule has 4 nitrogen and oxygen atoms in total. The van der Waals surface area contributed by atoms with Crippen molar-refractivity contribution in [2.75, 3.05) is 0 Å². The van der Waals surface area contributed by atoms with Gasteiger partial charge in [0.1, 0.15) is 0 Å². The van der Waals surface area contributed by atoms with E-state index in [2.05, 4.69) is 5.10 Å². The molecule has 0 fully saturated rings. The van der Waals surface area contributed by atoms with Crippen LogP contribution in [0.3, 0.4) is 0 Å². The average Bonchev–Trinajstić information content (AvgIpc) is 2.40. The fourth-order valence-corrected chi connectivity index (χ4v) is 1.82. The van der Waals surface area contributed by atoms with Crippen molar-refractivity contribution in [3.63, 3.8) is 0 Å². The summed E-state index contributed by atoms with van der Waals surface area (Å²) in [6.45, 7) is 0. The van der Waals surface area contributed by atoms with Crippen LogP contribution < -0.4 is 5.56 Å². The Labute approximate surface area is 117 Å². The van der Waals surface area contributed by atoms with E-state index in [1.54, 1.807) is 7.05 Å². The first kappa shape index (κ1) is 14.4. The fourth-order valence-electron chi connectivity index (χ4n) is 1.70. The second kappa shape index (κ2) is 4.86. The monoisotopic (exact) mass is 301 g/mol. The van der Waals surface area contributed by atoms with Gasteiger partial charge < -0.3 is 0 Å². The third-order valence-electron chi connectivity index (χ3n) is 2.81. The van der Waals surface area contributed by atoms with E-state index < -0.39 is 17.3 Å². The number of nitrogens with zero attached hydrogens (tertiary/aromatic N) is 3. The average molecular weight is 301 g/mol. The third kappa shape index (κ3) is 2.51. The van der Waals surface area contributed by atoms with Gasteiger partial charge in [-0.2, -0.15) is 18.3 Å². The highest BCUT2D eigenvalue weighted by Crippen LogP contribution is 2.30. The van der Waals surface area contributed by atoms with Gasteiger partial charge in [0.25, 0.3) is 5.56 Å². The molecule has 0 aliphatic rings. The smallest absolute Gasteiger partial charge is 0.285 e. The Morgan fingerprint density at radius 1 is 1.15 bits per heavy atom. The lowest BCUT2D eigenvalue weighted by atomic mass is 10.1. The first-order valence-corrected chi connectivity index (χ1v) is 5.94. The Balaban J connectivity index is 2.59. The predicted octanol–water partition coefficient (Wildman–Crippen LogP) is 2.53. The summed E-state index contributed by atoms with van der Waals surface area (Å²) in [6.07, 6.45) is -4.41. The van der Waals surface area contributed by atoms with Gasteiger partial charge in [0.15, 0.2) is 10.5 Å². The van der Waals surface area contributed by atoms with Crippen molar-refractivity contribution < 1.29 is 13.2 Å². The van der Waals surface area contributed by atoms with Gasteiger partial charge in [-0.1, -0.05) is 12.1 Å². The summed E-state index contributed by atoms with van der Waals surface area (Å²) in [5.41, 5.74) is -0.864. The molecular weight excluding hydrogens is 291 g/mol. The molecule has 0 unspecified atom stereocenters. The highest BCUT2D eigenvalue weighted by atomic mass is 32.1. The van der Waals surface area contributed by atoms with Gasteiger partial charge in [0.05, 0.1) is 5.56 Å². The van der Waals surface area contributed by atoms with Crippen molar-refractivity contribution in [1.82, 2.24) is 14.3 Å². The maximum atomic E-state index is 12.5. The van der Waals surface area contributed by atoms with Crippen molar-refractivity contribution in [1.29, 1.82) is 0 Å². The normalized spacial score (nSPS) is 11.7. The molecule has 20 heavy (non-hydrogen) atoms. The third-order valence-corrected chi connectivity index (χ3v) is 3.34. The van der Waals surface area contributed by atoms with Crippen molar-refractivity contribution in [2.24, 2.45) is 14.1 Å². The molecule has 0 aliphatic heterocycles. The van der Waals surface area contributed by atoms with Crippen LogP contribution in [-0.2, 0) is 20.3 Å². The SMILES string of the molecule is Cn1nc(-c2ccc(C(F)(F)F)cc2)c(=O)n(C)c1=S. The summed E-state index contributed by atoms with van der Waals surface area (Å²) >= 11 is 4.98. The second-order valence-corrected chi connectivity index (χ2v) is 4.56. The first-order valence-electron chi connectivity index (χ1n) is 5.54. The maximum Gasteiger partial charge on any atom is 0.416 e. The number of aryl methyl sites for hydroxylation is 1. The van der Waals surface area contributed by atoms with Crippen LogP contribution in [0.15, 0.2) is 29.1 Å². The predicted molar refractivity (Wildman–Crippen MR) is 69.7 cm³/mol. The van der Waals surface area contributed by atoms with Crippen LogP contribution in [0.5, 0.6) is 0 Å². The number of benzene rings is 1. The molecule has 1 aromatic heterocycles. The van der Waals surface area contributed by atoms with Gasteiger partial charge in [-0.15, -0.1) is 0 Å². The van der Waals surface area contributed by atoms with E-state index in [4.69, 9.17) is 12.2 Å². The molecule has 2 aromatic rings. The van der Waals surface area contributed by atoms with E-state index in [1.165, 1.54) is 28.4 Å². The number of hydrogen-bond acceptors (Lipinski definition) is 3. The van der Waals surface area contributed by atoms with Crippen LogP contribution in [0.2, 0.25) is 0 Å². The molecule has 1 heterocycles. The zero-order valence-electron chi connectivity index (χ0n) is 10.6. The standard InChI is InChI=1S/C12H10F3N3OS/c1-17-10(19)9(16-18(2)11(17)20)7-3-5-8(6-4-7)12(13,14)15/h3-6H,1-2H3. The van der Waals surface area contributed by atoms with Crippen molar-refractivity contribution in [3.05, 3.63) is 45.0 Å². The molecule has 106 valence electrons. The fraction of sp³-hybridized carbons (Fsp3) is 0.250. The van der Waals surface area contributed by atoms with Gasteiger partial charge >= 0.3 is 6.18 Å². The Morgan fingerprint density at radius 2 is 1.70 bits per heavy atom. The minimum absolute atomic E-state index is 0.0531. The maximum absolute atomic E-state index is 12.5. The van der Waals surface area contributed by atoms with E-state index in [1.807, 2.05) is 0 Å². The lowest BCUT2D eigenvalue weighted by Crippen LogP contribution is -2.25. The zero-order valence-corrected chi connectivity index (χ0v) is 11.4. The molecule has 8 heteroatoms. The zero-order chi connectivity index (χ0) is 15.1. The number of hydrogen-bond donors (Lipinski definition) is 0. The summed E-state index contributed by atoms with van der Waals surface area (Å²) in [4.78, 5) is 12.0. The second-order valence-electron chi connectivity index (χ2n) is 4.19. The molecule has 0 amide bonds. The highest BCUT2D eigenvalue weighted by Gasteiger charge is 2.30. The van der Waals surface area contributed by atoms with E-state index in [0.717, 1.165) is 12.1 Å².